The van der Waals surface area contributed by atoms with E-state index in [0.717, 1.165) is 6.07 Å². The van der Waals surface area contributed by atoms with E-state index in [2.05, 4.69) is 11.9 Å². The molecule has 0 unspecified atom stereocenters. The fourth-order valence-corrected chi connectivity index (χ4v) is 2.79. The third kappa shape index (κ3) is 6.36. The van der Waals surface area contributed by atoms with Crippen molar-refractivity contribution in [2.75, 3.05) is 5.32 Å². The van der Waals surface area contributed by atoms with Crippen LogP contribution in [0.2, 0.25) is 5.02 Å². The summed E-state index contributed by atoms with van der Waals surface area (Å²) in [6.07, 6.45) is 2.76. The molecule has 0 amide bonds. The van der Waals surface area contributed by atoms with Crippen molar-refractivity contribution in [3.63, 3.8) is 0 Å². The largest absolute Gasteiger partial charge is 0.478 e. The van der Waals surface area contributed by atoms with Crippen LogP contribution in [0.3, 0.4) is 0 Å². The number of ketones is 1. The van der Waals surface area contributed by atoms with Crippen LogP contribution in [0.15, 0.2) is 52.5 Å². The van der Waals surface area contributed by atoms with E-state index >= 15 is 0 Å². The van der Waals surface area contributed by atoms with Crippen LogP contribution in [0.5, 0.6) is 0 Å². The zero-order valence-electron chi connectivity index (χ0n) is 13.7. The van der Waals surface area contributed by atoms with Gasteiger partial charge in [0.15, 0.2) is 5.78 Å². The van der Waals surface area contributed by atoms with Gasteiger partial charge in [-0.1, -0.05) is 18.2 Å². The minimum atomic E-state index is -4.11. The van der Waals surface area contributed by atoms with Gasteiger partial charge < -0.3 is 14.8 Å². The molecule has 0 aliphatic heterocycles. The summed E-state index contributed by atoms with van der Waals surface area (Å²) in [5, 5.41) is 16.8. The number of hydrogen-bond donors (Lipinski definition) is 3. The molecule has 0 aliphatic carbocycles. The van der Waals surface area contributed by atoms with Crippen LogP contribution < -0.4 is 10.5 Å². The quantitative estimate of drug-likeness (QED) is 0.633. The molecular formula is C16H17ClN2O6S. The van der Waals surface area contributed by atoms with E-state index in [-0.39, 0.29) is 28.6 Å². The molecule has 2 aromatic rings. The topological polar surface area (TPSA) is 140 Å². The number of carboxylic acids is 1. The molecule has 0 bridgehead atoms. The van der Waals surface area contributed by atoms with Crippen LogP contribution in [-0.2, 0) is 21.4 Å². The first-order valence-electron chi connectivity index (χ1n) is 7.05. The number of rotatable bonds is 6. The molecule has 1 heterocycles. The normalized spacial score (nSPS) is 10.4. The number of benzene rings is 1. The summed E-state index contributed by atoms with van der Waals surface area (Å²) in [6.45, 7) is 4.90. The van der Waals surface area contributed by atoms with Gasteiger partial charge in [0.05, 0.1) is 29.1 Å². The number of furan rings is 1. The van der Waals surface area contributed by atoms with Gasteiger partial charge in [-0.05, 0) is 37.3 Å². The average molecular weight is 401 g/mol. The number of sulfonamides is 1. The minimum absolute atomic E-state index is 0.0185. The summed E-state index contributed by atoms with van der Waals surface area (Å²) in [4.78, 5) is 20.5. The average Bonchev–Trinajstić information content (AvgIpc) is 3.05. The van der Waals surface area contributed by atoms with Crippen LogP contribution in [0, 0.1) is 0 Å². The zero-order chi connectivity index (χ0) is 19.9. The highest BCUT2D eigenvalue weighted by Crippen LogP contribution is 2.28. The van der Waals surface area contributed by atoms with Crippen molar-refractivity contribution in [2.24, 2.45) is 5.14 Å². The predicted octanol–water partition coefficient (Wildman–Crippen LogP) is 2.65. The van der Waals surface area contributed by atoms with Crippen molar-refractivity contribution in [2.45, 2.75) is 18.4 Å². The lowest BCUT2D eigenvalue weighted by Gasteiger charge is -2.11. The highest BCUT2D eigenvalue weighted by Gasteiger charge is 2.20. The Morgan fingerprint density at radius 1 is 1.42 bits per heavy atom. The van der Waals surface area contributed by atoms with E-state index < -0.39 is 20.9 Å². The number of halogens is 1. The van der Waals surface area contributed by atoms with Crippen molar-refractivity contribution < 1.29 is 27.5 Å². The Hall–Kier alpha value is -2.62. The summed E-state index contributed by atoms with van der Waals surface area (Å²) in [7, 11) is -4.11. The molecule has 8 nitrogen and oxygen atoms in total. The van der Waals surface area contributed by atoms with Gasteiger partial charge in [-0.2, -0.15) is 0 Å². The van der Waals surface area contributed by atoms with Crippen LogP contribution in [0.25, 0.3) is 0 Å². The number of aromatic carboxylic acids is 1. The van der Waals surface area contributed by atoms with Gasteiger partial charge in [0.1, 0.15) is 10.7 Å². The second-order valence-electron chi connectivity index (χ2n) is 4.93. The van der Waals surface area contributed by atoms with Gasteiger partial charge in [-0.3, -0.25) is 4.79 Å². The molecule has 4 N–H and O–H groups in total. The van der Waals surface area contributed by atoms with Crippen LogP contribution in [0.4, 0.5) is 5.69 Å². The smallest absolute Gasteiger partial charge is 0.337 e. The minimum Gasteiger partial charge on any atom is -0.478 e. The Morgan fingerprint density at radius 3 is 2.46 bits per heavy atom. The first-order valence-corrected chi connectivity index (χ1v) is 8.97. The lowest BCUT2D eigenvalue weighted by Crippen LogP contribution is -2.15. The van der Waals surface area contributed by atoms with E-state index in [4.69, 9.17) is 26.3 Å². The number of nitrogens with two attached hydrogens (primary N) is 1. The molecule has 0 radical (unpaired) electrons. The predicted molar refractivity (Wildman–Crippen MR) is 96.7 cm³/mol. The number of anilines is 1. The number of hydrogen-bond acceptors (Lipinski definition) is 6. The van der Waals surface area contributed by atoms with Crippen molar-refractivity contribution in [3.05, 3.63) is 59.5 Å². The molecule has 1 aromatic heterocycles. The number of carboxylic acid groups (broad SMARTS) is 1. The molecule has 2 rings (SSSR count). The van der Waals surface area contributed by atoms with E-state index in [1.54, 1.807) is 12.1 Å². The molecule has 1 aromatic carbocycles. The number of carbonyl (C=O) groups excluding carboxylic acids is 1. The highest BCUT2D eigenvalue weighted by atomic mass is 35.5. The van der Waals surface area contributed by atoms with Crippen molar-refractivity contribution in [1.29, 1.82) is 0 Å². The zero-order valence-corrected chi connectivity index (χ0v) is 15.3. The van der Waals surface area contributed by atoms with Crippen LogP contribution in [-0.4, -0.2) is 25.3 Å². The molecule has 10 heteroatoms. The number of primary sulfonamides is 1. The summed E-state index contributed by atoms with van der Waals surface area (Å²) in [6, 6.07) is 5.51. The molecule has 0 fully saturated rings. The number of nitrogens with one attached hydrogen (secondary N) is 1. The van der Waals surface area contributed by atoms with Crippen molar-refractivity contribution >= 4 is 39.1 Å². The maximum atomic E-state index is 11.3. The molecule has 0 spiro atoms. The molecule has 0 saturated heterocycles. The van der Waals surface area contributed by atoms with Crippen LogP contribution in [0.1, 0.15) is 23.0 Å². The molecule has 0 saturated carbocycles. The maximum Gasteiger partial charge on any atom is 0.337 e. The van der Waals surface area contributed by atoms with Gasteiger partial charge in [0.25, 0.3) is 0 Å². The standard InChI is InChI=1S/C12H11ClN2O5S.C4H6O/c13-9-5-10(15-6-7-2-1-3-20-7)8(12(16)17)4-11(9)21(14,18)19;1-3-4(2)5/h1-5,15H,6H2,(H,16,17)(H2,14,18,19);3H,1H2,2H3. The SMILES string of the molecule is C=CC(C)=O.NS(=O)(=O)c1cc(C(=O)O)c(NCc2ccco2)cc1Cl. The number of carbonyl (C=O) groups is 2. The van der Waals surface area contributed by atoms with E-state index in [1.165, 1.54) is 25.3 Å². The molecular weight excluding hydrogens is 384 g/mol. The lowest BCUT2D eigenvalue weighted by atomic mass is 10.1. The molecule has 140 valence electrons. The summed E-state index contributed by atoms with van der Waals surface area (Å²) in [5.74, 6) is -0.707. The van der Waals surface area contributed by atoms with E-state index in [0.29, 0.717) is 5.76 Å². The second kappa shape index (κ2) is 9.18. The van der Waals surface area contributed by atoms with Gasteiger partial charge in [0.2, 0.25) is 10.0 Å². The monoisotopic (exact) mass is 400 g/mol. The summed E-state index contributed by atoms with van der Waals surface area (Å²) >= 11 is 5.84. The van der Waals surface area contributed by atoms with Crippen LogP contribution >= 0.6 is 11.6 Å². The molecule has 0 aliphatic rings. The fourth-order valence-electron chi connectivity index (χ4n) is 1.69. The van der Waals surface area contributed by atoms with Crippen molar-refractivity contribution in [3.8, 4) is 0 Å². The first kappa shape index (κ1) is 21.4. The second-order valence-corrected chi connectivity index (χ2v) is 6.86. The Labute approximate surface area is 155 Å². The van der Waals surface area contributed by atoms with Gasteiger partial charge in [0, 0.05) is 0 Å². The Kier molecular flexibility index (Phi) is 7.56. The third-order valence-corrected chi connectivity index (χ3v) is 4.31. The Bertz CT molecular complexity index is 907. The highest BCUT2D eigenvalue weighted by molar-refractivity contribution is 7.89. The summed E-state index contributed by atoms with van der Waals surface area (Å²) in [5.41, 5.74) is -0.0914. The maximum absolute atomic E-state index is 11.3. The molecule has 0 atom stereocenters. The summed E-state index contributed by atoms with van der Waals surface area (Å²) < 4.78 is 27.8. The molecule has 26 heavy (non-hydrogen) atoms. The lowest BCUT2D eigenvalue weighted by molar-refractivity contribution is -0.112. The van der Waals surface area contributed by atoms with Crippen molar-refractivity contribution in [1.82, 2.24) is 0 Å². The van der Waals surface area contributed by atoms with Gasteiger partial charge >= 0.3 is 5.97 Å². The Balaban J connectivity index is 0.000000597. The number of allylic oxidation sites excluding steroid dienone is 1. The van der Waals surface area contributed by atoms with E-state index in [1.807, 2.05) is 0 Å². The van der Waals surface area contributed by atoms with E-state index in [9.17, 15) is 18.0 Å². The van der Waals surface area contributed by atoms with Gasteiger partial charge in [-0.15, -0.1) is 0 Å². The fraction of sp³-hybridized carbons (Fsp3) is 0.125. The first-order chi connectivity index (χ1) is 12.1. The third-order valence-electron chi connectivity index (χ3n) is 2.93. The Morgan fingerprint density at radius 2 is 2.04 bits per heavy atom. The van der Waals surface area contributed by atoms with Gasteiger partial charge in [-0.25, -0.2) is 18.4 Å².